The summed E-state index contributed by atoms with van der Waals surface area (Å²) in [6.45, 7) is 0. The van der Waals surface area contributed by atoms with E-state index in [1.54, 1.807) is 18.2 Å². The lowest BCUT2D eigenvalue weighted by Crippen LogP contribution is -2.34. The van der Waals surface area contributed by atoms with Crippen molar-refractivity contribution in [1.29, 1.82) is 0 Å². The van der Waals surface area contributed by atoms with Gasteiger partial charge in [-0.1, -0.05) is 71.4 Å². The van der Waals surface area contributed by atoms with Gasteiger partial charge in [-0.3, -0.25) is 9.59 Å². The summed E-state index contributed by atoms with van der Waals surface area (Å²) in [5, 5.41) is 11.3. The van der Waals surface area contributed by atoms with Crippen LogP contribution in [0.25, 0.3) is 0 Å². The molecule has 1 heterocycles. The molecule has 28 heavy (non-hydrogen) atoms. The van der Waals surface area contributed by atoms with Gasteiger partial charge >= 0.3 is 0 Å². The molecule has 2 aromatic carbocycles. The van der Waals surface area contributed by atoms with Crippen LogP contribution in [0.15, 0.2) is 58.5 Å². The molecule has 144 valence electrons. The topological polar surface area (TPSA) is 103 Å². The number of nitrogens with zero attached hydrogens (tertiary/aromatic N) is 3. The molecule has 3 N–H and O–H groups in total. The molecule has 0 unspecified atom stereocenters. The lowest BCUT2D eigenvalue weighted by atomic mass is 10.1. The number of nitrogen functional groups attached to an aromatic ring is 1. The average Bonchev–Trinajstić information content (AvgIpc) is 2.69. The number of carbonyl (C=O) groups excluding carboxylic acids is 1. The second-order valence-electron chi connectivity index (χ2n) is 5.71. The summed E-state index contributed by atoms with van der Waals surface area (Å²) in [5.41, 5.74) is 1.09. The molecule has 0 aliphatic heterocycles. The zero-order valence-corrected chi connectivity index (χ0v) is 16.8. The van der Waals surface area contributed by atoms with E-state index in [0.717, 1.165) is 22.0 Å². The minimum absolute atomic E-state index is 0.0355. The Labute approximate surface area is 174 Å². The monoisotopic (exact) mass is 435 g/mol. The number of hydrogen-bond donors (Lipinski definition) is 2. The van der Waals surface area contributed by atoms with Crippen molar-refractivity contribution in [3.8, 4) is 0 Å². The van der Waals surface area contributed by atoms with E-state index in [4.69, 9.17) is 29.0 Å². The fraction of sp³-hybridized carbons (Fsp3) is 0.111. The van der Waals surface area contributed by atoms with Gasteiger partial charge in [-0.25, -0.2) is 0 Å². The minimum atomic E-state index is -0.459. The van der Waals surface area contributed by atoms with Crippen LogP contribution in [0.4, 0.5) is 5.69 Å². The molecule has 1 aromatic heterocycles. The first-order valence-electron chi connectivity index (χ1n) is 8.10. The second kappa shape index (κ2) is 9.09. The Bertz CT molecular complexity index is 1060. The van der Waals surface area contributed by atoms with Crippen LogP contribution in [-0.2, 0) is 11.2 Å². The van der Waals surface area contributed by atoms with Gasteiger partial charge in [0.1, 0.15) is 5.69 Å². The third-order valence-electron chi connectivity index (χ3n) is 3.70. The van der Waals surface area contributed by atoms with Crippen LogP contribution < -0.4 is 16.7 Å². The Kier molecular flexibility index (Phi) is 6.56. The Hall–Kier alpha value is -2.55. The third kappa shape index (κ3) is 4.83. The first-order valence-corrected chi connectivity index (χ1v) is 9.84. The zero-order valence-electron chi connectivity index (χ0n) is 14.4. The fourth-order valence-electron chi connectivity index (χ4n) is 2.34. The standard InChI is InChI=1S/C18H15Cl2N5O2S/c19-12-7-4-8-13(16(12)20)22-15(26)10-28-18-24-23-14(17(27)25(18)21)9-11-5-2-1-3-6-11/h1-8H,9-10,21H2,(H,22,26). The lowest BCUT2D eigenvalue weighted by molar-refractivity contribution is -0.113. The number of aromatic nitrogens is 3. The van der Waals surface area contributed by atoms with E-state index in [-0.39, 0.29) is 27.5 Å². The van der Waals surface area contributed by atoms with Crippen molar-refractivity contribution in [2.45, 2.75) is 11.6 Å². The van der Waals surface area contributed by atoms with Crippen molar-refractivity contribution < 1.29 is 4.79 Å². The highest BCUT2D eigenvalue weighted by Crippen LogP contribution is 2.29. The molecule has 0 radical (unpaired) electrons. The van der Waals surface area contributed by atoms with Gasteiger partial charge < -0.3 is 11.2 Å². The molecule has 0 bridgehead atoms. The minimum Gasteiger partial charge on any atom is -0.334 e. The van der Waals surface area contributed by atoms with Gasteiger partial charge in [-0.2, -0.15) is 4.68 Å². The van der Waals surface area contributed by atoms with E-state index in [1.165, 1.54) is 0 Å². The van der Waals surface area contributed by atoms with Crippen molar-refractivity contribution >= 4 is 46.6 Å². The van der Waals surface area contributed by atoms with E-state index in [2.05, 4.69) is 15.5 Å². The quantitative estimate of drug-likeness (QED) is 0.455. The van der Waals surface area contributed by atoms with Gasteiger partial charge in [0, 0.05) is 6.42 Å². The summed E-state index contributed by atoms with van der Waals surface area (Å²) >= 11 is 13.0. The average molecular weight is 436 g/mol. The van der Waals surface area contributed by atoms with Crippen LogP contribution >= 0.6 is 35.0 Å². The SMILES string of the molecule is Nn1c(SCC(=O)Nc2cccc(Cl)c2Cl)nnc(Cc2ccccc2)c1=O. The van der Waals surface area contributed by atoms with Gasteiger partial charge in [-0.05, 0) is 17.7 Å². The van der Waals surface area contributed by atoms with Gasteiger partial charge in [-0.15, -0.1) is 10.2 Å². The Morgan fingerprint density at radius 3 is 2.61 bits per heavy atom. The number of nitrogens with two attached hydrogens (primary N) is 1. The van der Waals surface area contributed by atoms with Crippen molar-refractivity contribution in [3.63, 3.8) is 0 Å². The fourth-order valence-corrected chi connectivity index (χ4v) is 3.34. The van der Waals surface area contributed by atoms with Crippen molar-refractivity contribution in [2.75, 3.05) is 16.9 Å². The maximum Gasteiger partial charge on any atom is 0.294 e. The molecule has 7 nitrogen and oxygen atoms in total. The first-order chi connectivity index (χ1) is 13.5. The molecule has 0 atom stereocenters. The second-order valence-corrected chi connectivity index (χ2v) is 7.43. The van der Waals surface area contributed by atoms with E-state index in [1.807, 2.05) is 30.3 Å². The van der Waals surface area contributed by atoms with E-state index in [0.29, 0.717) is 17.1 Å². The number of benzene rings is 2. The van der Waals surface area contributed by atoms with Crippen LogP contribution in [0.2, 0.25) is 10.0 Å². The van der Waals surface area contributed by atoms with Crippen LogP contribution in [-0.4, -0.2) is 26.5 Å². The number of hydrogen-bond acceptors (Lipinski definition) is 6. The molecule has 0 fully saturated rings. The predicted molar refractivity (Wildman–Crippen MR) is 112 cm³/mol. The van der Waals surface area contributed by atoms with Crippen molar-refractivity contribution in [1.82, 2.24) is 14.9 Å². The molecule has 1 amide bonds. The van der Waals surface area contributed by atoms with Gasteiger partial charge in [0.05, 0.1) is 21.5 Å². The Morgan fingerprint density at radius 2 is 1.86 bits per heavy atom. The number of thioether (sulfide) groups is 1. The van der Waals surface area contributed by atoms with E-state index >= 15 is 0 Å². The van der Waals surface area contributed by atoms with Gasteiger partial charge in [0.15, 0.2) is 0 Å². The number of rotatable bonds is 6. The van der Waals surface area contributed by atoms with E-state index < -0.39 is 5.56 Å². The highest BCUT2D eigenvalue weighted by molar-refractivity contribution is 7.99. The summed E-state index contributed by atoms with van der Waals surface area (Å²) in [6.07, 6.45) is 0.322. The van der Waals surface area contributed by atoms with Crippen LogP contribution in [0, 0.1) is 0 Å². The summed E-state index contributed by atoms with van der Waals surface area (Å²) in [4.78, 5) is 24.5. The molecule has 10 heteroatoms. The number of anilines is 1. The summed E-state index contributed by atoms with van der Waals surface area (Å²) in [5.74, 6) is 5.44. The molecule has 0 spiro atoms. The predicted octanol–water partition coefficient (Wildman–Crippen LogP) is 2.98. The van der Waals surface area contributed by atoms with E-state index in [9.17, 15) is 9.59 Å². The lowest BCUT2D eigenvalue weighted by Gasteiger charge is -2.09. The highest BCUT2D eigenvalue weighted by atomic mass is 35.5. The van der Waals surface area contributed by atoms with Gasteiger partial charge in [0.2, 0.25) is 11.1 Å². The summed E-state index contributed by atoms with van der Waals surface area (Å²) in [7, 11) is 0. The van der Waals surface area contributed by atoms with Crippen LogP contribution in [0.1, 0.15) is 11.3 Å². The number of halogens is 2. The highest BCUT2D eigenvalue weighted by Gasteiger charge is 2.14. The van der Waals surface area contributed by atoms with Crippen molar-refractivity contribution in [3.05, 3.63) is 80.2 Å². The molecule has 3 rings (SSSR count). The molecular weight excluding hydrogens is 421 g/mol. The molecule has 0 saturated carbocycles. The molecule has 0 aliphatic rings. The summed E-state index contributed by atoms with van der Waals surface area (Å²) in [6, 6.07) is 14.3. The molecule has 0 saturated heterocycles. The normalized spacial score (nSPS) is 10.6. The largest absolute Gasteiger partial charge is 0.334 e. The Balaban J connectivity index is 1.66. The third-order valence-corrected chi connectivity index (χ3v) is 5.46. The number of carbonyl (C=O) groups is 1. The molecule has 0 aliphatic carbocycles. The maximum absolute atomic E-state index is 12.4. The first kappa shape index (κ1) is 20.2. The smallest absolute Gasteiger partial charge is 0.294 e. The van der Waals surface area contributed by atoms with Crippen LogP contribution in [0.5, 0.6) is 0 Å². The number of nitrogens with one attached hydrogen (secondary N) is 1. The summed E-state index contributed by atoms with van der Waals surface area (Å²) < 4.78 is 0.898. The maximum atomic E-state index is 12.4. The number of amides is 1. The molecular formula is C18H15Cl2N5O2S. The van der Waals surface area contributed by atoms with Crippen LogP contribution in [0.3, 0.4) is 0 Å². The van der Waals surface area contributed by atoms with Gasteiger partial charge in [0.25, 0.3) is 5.56 Å². The van der Waals surface area contributed by atoms with Crippen molar-refractivity contribution in [2.24, 2.45) is 0 Å². The zero-order chi connectivity index (χ0) is 20.1. The molecule has 3 aromatic rings. The Morgan fingerprint density at radius 1 is 1.11 bits per heavy atom.